The van der Waals surface area contributed by atoms with Gasteiger partial charge in [-0.3, -0.25) is 4.79 Å². The van der Waals surface area contributed by atoms with Crippen molar-refractivity contribution in [3.63, 3.8) is 0 Å². The van der Waals surface area contributed by atoms with Crippen LogP contribution in [0.15, 0.2) is 27.1 Å². The maximum absolute atomic E-state index is 10.5. The molecule has 0 aliphatic heterocycles. The van der Waals surface area contributed by atoms with Crippen LogP contribution in [0.3, 0.4) is 0 Å². The molecule has 12 heavy (non-hydrogen) atoms. The maximum Gasteiger partial charge on any atom is 0.318 e. The number of hydrogen-bond donors (Lipinski definition) is 1. The Morgan fingerprint density at radius 1 is 1.42 bits per heavy atom. The van der Waals surface area contributed by atoms with E-state index in [0.717, 1.165) is 8.95 Å². The molecule has 0 spiro atoms. The Kier molecular flexibility index (Phi) is 3.55. The van der Waals surface area contributed by atoms with Gasteiger partial charge < -0.3 is 5.32 Å². The minimum absolute atomic E-state index is 0.599. The van der Waals surface area contributed by atoms with Gasteiger partial charge in [-0.05, 0) is 45.7 Å². The molecule has 0 bridgehead atoms. The van der Waals surface area contributed by atoms with E-state index in [1.54, 1.807) is 6.07 Å². The molecule has 1 amide bonds. The van der Waals surface area contributed by atoms with E-state index in [1.807, 2.05) is 12.1 Å². The van der Waals surface area contributed by atoms with Crippen molar-refractivity contribution in [2.24, 2.45) is 0 Å². The second-order valence-electron chi connectivity index (χ2n) is 2.02. The Morgan fingerprint density at radius 3 is 2.58 bits per heavy atom. The van der Waals surface area contributed by atoms with Crippen LogP contribution < -0.4 is 5.32 Å². The molecule has 0 saturated carbocycles. The Morgan fingerprint density at radius 2 is 2.08 bits per heavy atom. The van der Waals surface area contributed by atoms with Gasteiger partial charge in [-0.25, -0.2) is 0 Å². The zero-order chi connectivity index (χ0) is 9.14. The van der Waals surface area contributed by atoms with E-state index in [1.165, 1.54) is 0 Å². The quantitative estimate of drug-likeness (QED) is 0.616. The molecule has 1 N–H and O–H groups in total. The average Bonchev–Trinajstić information content (AvgIpc) is 1.94. The second-order valence-corrected chi connectivity index (χ2v) is 4.14. The fourth-order valence-corrected chi connectivity index (χ4v) is 1.94. The first-order valence-corrected chi connectivity index (χ1v) is 4.97. The first kappa shape index (κ1) is 10.0. The fraction of sp³-hybridized carbons (Fsp3) is 0. The van der Waals surface area contributed by atoms with Crippen LogP contribution in [0.25, 0.3) is 0 Å². The number of nitrogens with one attached hydrogen (secondary N) is 1. The van der Waals surface area contributed by atoms with Crippen LogP contribution in [0.4, 0.5) is 10.5 Å². The Labute approximate surface area is 91.5 Å². The predicted molar refractivity (Wildman–Crippen MR) is 56.7 cm³/mol. The molecule has 0 saturated heterocycles. The van der Waals surface area contributed by atoms with Crippen LogP contribution in [0, 0.1) is 0 Å². The van der Waals surface area contributed by atoms with E-state index < -0.39 is 5.37 Å². The van der Waals surface area contributed by atoms with Crippen LogP contribution >= 0.6 is 43.5 Å². The summed E-state index contributed by atoms with van der Waals surface area (Å²) in [6.07, 6.45) is 0. The average molecular weight is 313 g/mol. The summed E-state index contributed by atoms with van der Waals surface area (Å²) in [5.41, 5.74) is 0.651. The van der Waals surface area contributed by atoms with Gasteiger partial charge in [0.1, 0.15) is 0 Å². The molecular formula is C7H4Br2ClNO. The van der Waals surface area contributed by atoms with Crippen molar-refractivity contribution >= 4 is 54.5 Å². The molecule has 1 aromatic carbocycles. The Balaban J connectivity index is 2.93. The minimum Gasteiger partial charge on any atom is -0.311 e. The summed E-state index contributed by atoms with van der Waals surface area (Å²) in [6.45, 7) is 0. The van der Waals surface area contributed by atoms with Crippen molar-refractivity contribution in [2.45, 2.75) is 0 Å². The number of benzene rings is 1. The van der Waals surface area contributed by atoms with Crippen molar-refractivity contribution in [1.29, 1.82) is 0 Å². The monoisotopic (exact) mass is 311 g/mol. The van der Waals surface area contributed by atoms with Crippen LogP contribution in [-0.4, -0.2) is 5.37 Å². The van der Waals surface area contributed by atoms with Gasteiger partial charge in [0.05, 0.1) is 5.69 Å². The number of amides is 1. The highest BCUT2D eigenvalue weighted by Gasteiger charge is 2.02. The SMILES string of the molecule is O=C(Cl)Nc1ccc(Br)cc1Br. The first-order valence-electron chi connectivity index (χ1n) is 3.01. The molecule has 0 aliphatic carbocycles. The Bertz CT molecular complexity index is 316. The molecule has 1 aromatic rings. The minimum atomic E-state index is -0.599. The molecule has 0 unspecified atom stereocenters. The topological polar surface area (TPSA) is 29.1 Å². The highest BCUT2D eigenvalue weighted by Crippen LogP contribution is 2.26. The number of halogens is 3. The largest absolute Gasteiger partial charge is 0.318 e. The standard InChI is InChI=1S/C7H4Br2ClNO/c8-4-1-2-6(5(9)3-4)11-7(10)12/h1-3H,(H,11,12). The van der Waals surface area contributed by atoms with E-state index in [0.29, 0.717) is 5.69 Å². The maximum atomic E-state index is 10.5. The lowest BCUT2D eigenvalue weighted by Crippen LogP contribution is -2.01. The van der Waals surface area contributed by atoms with E-state index in [9.17, 15) is 4.79 Å². The van der Waals surface area contributed by atoms with Crippen LogP contribution in [0.5, 0.6) is 0 Å². The highest BCUT2D eigenvalue weighted by molar-refractivity contribution is 9.11. The van der Waals surface area contributed by atoms with Crippen molar-refractivity contribution in [2.75, 3.05) is 5.32 Å². The summed E-state index contributed by atoms with van der Waals surface area (Å²) >= 11 is 11.7. The zero-order valence-electron chi connectivity index (χ0n) is 5.77. The van der Waals surface area contributed by atoms with E-state index in [-0.39, 0.29) is 0 Å². The second kappa shape index (κ2) is 4.25. The lowest BCUT2D eigenvalue weighted by Gasteiger charge is -2.03. The fourth-order valence-electron chi connectivity index (χ4n) is 0.697. The summed E-state index contributed by atoms with van der Waals surface area (Å²) in [4.78, 5) is 10.5. The van der Waals surface area contributed by atoms with E-state index in [2.05, 4.69) is 37.2 Å². The first-order chi connectivity index (χ1) is 5.59. The third-order valence-corrected chi connectivity index (χ3v) is 2.41. The summed E-state index contributed by atoms with van der Waals surface area (Å²) < 4.78 is 1.72. The number of carbonyl (C=O) groups excluding carboxylic acids is 1. The van der Waals surface area contributed by atoms with E-state index in [4.69, 9.17) is 11.6 Å². The lowest BCUT2D eigenvalue weighted by molar-refractivity contribution is 0.269. The molecule has 0 fully saturated rings. The van der Waals surface area contributed by atoms with Gasteiger partial charge in [0.15, 0.2) is 0 Å². The van der Waals surface area contributed by atoms with E-state index >= 15 is 0 Å². The van der Waals surface area contributed by atoms with Gasteiger partial charge in [-0.2, -0.15) is 0 Å². The summed E-state index contributed by atoms with van der Waals surface area (Å²) in [7, 11) is 0. The Hall–Kier alpha value is -0.0600. The van der Waals surface area contributed by atoms with Gasteiger partial charge in [0.2, 0.25) is 0 Å². The summed E-state index contributed by atoms with van der Waals surface area (Å²) in [5, 5.41) is 1.86. The van der Waals surface area contributed by atoms with Crippen molar-refractivity contribution in [3.05, 3.63) is 27.1 Å². The van der Waals surface area contributed by atoms with Gasteiger partial charge in [-0.1, -0.05) is 15.9 Å². The third kappa shape index (κ3) is 2.77. The molecule has 64 valence electrons. The van der Waals surface area contributed by atoms with Crippen molar-refractivity contribution in [3.8, 4) is 0 Å². The number of hydrogen-bond acceptors (Lipinski definition) is 1. The summed E-state index contributed by atoms with van der Waals surface area (Å²) in [5.74, 6) is 0. The molecule has 0 radical (unpaired) electrons. The van der Waals surface area contributed by atoms with Crippen LogP contribution in [0.2, 0.25) is 0 Å². The predicted octanol–water partition coefficient (Wildman–Crippen LogP) is 3.98. The normalized spacial score (nSPS) is 9.58. The van der Waals surface area contributed by atoms with Gasteiger partial charge >= 0.3 is 5.37 Å². The lowest BCUT2D eigenvalue weighted by atomic mass is 10.3. The molecule has 1 rings (SSSR count). The number of rotatable bonds is 1. The molecule has 0 aromatic heterocycles. The molecular weight excluding hydrogens is 309 g/mol. The summed E-state index contributed by atoms with van der Waals surface area (Å²) in [6, 6.07) is 5.38. The van der Waals surface area contributed by atoms with Crippen molar-refractivity contribution < 1.29 is 4.79 Å². The molecule has 0 atom stereocenters. The van der Waals surface area contributed by atoms with Gasteiger partial charge in [0.25, 0.3) is 0 Å². The van der Waals surface area contributed by atoms with Crippen LogP contribution in [-0.2, 0) is 0 Å². The van der Waals surface area contributed by atoms with Gasteiger partial charge in [0, 0.05) is 8.95 Å². The third-order valence-electron chi connectivity index (χ3n) is 1.16. The zero-order valence-corrected chi connectivity index (χ0v) is 9.70. The number of anilines is 1. The van der Waals surface area contributed by atoms with Crippen LogP contribution in [0.1, 0.15) is 0 Å². The number of carbonyl (C=O) groups is 1. The van der Waals surface area contributed by atoms with Crippen molar-refractivity contribution in [1.82, 2.24) is 0 Å². The van der Waals surface area contributed by atoms with Gasteiger partial charge in [-0.15, -0.1) is 0 Å². The highest BCUT2D eigenvalue weighted by atomic mass is 79.9. The molecule has 0 heterocycles. The molecule has 0 aliphatic rings. The molecule has 2 nitrogen and oxygen atoms in total. The smallest absolute Gasteiger partial charge is 0.311 e. The molecule has 5 heteroatoms.